The standard InChI is InChI=1S/C15H14N6/c1-9-2-3-10-6-11(7-17-14(10)19-9)12-4-5-21-13(12)8-18-15(16)20-21/h4-8H,2-3H2,1H3,(H2,16,20). The quantitative estimate of drug-likeness (QED) is 0.741. The number of aryl methyl sites for hydroxylation is 1. The second-order valence-electron chi connectivity index (χ2n) is 5.23. The second kappa shape index (κ2) is 4.37. The number of fused-ring (bicyclic) bond motifs is 2. The molecule has 1 aliphatic rings. The van der Waals surface area contributed by atoms with Gasteiger partial charge in [0, 0.05) is 29.2 Å². The number of anilines is 1. The summed E-state index contributed by atoms with van der Waals surface area (Å²) in [6, 6.07) is 4.16. The van der Waals surface area contributed by atoms with Gasteiger partial charge in [-0.2, -0.15) is 0 Å². The third-order valence-electron chi connectivity index (χ3n) is 3.74. The van der Waals surface area contributed by atoms with E-state index in [-0.39, 0.29) is 5.95 Å². The molecule has 4 rings (SSSR count). The molecule has 0 radical (unpaired) electrons. The first-order valence-corrected chi connectivity index (χ1v) is 6.84. The summed E-state index contributed by atoms with van der Waals surface area (Å²) in [6.07, 6.45) is 7.45. The Balaban J connectivity index is 1.86. The highest BCUT2D eigenvalue weighted by molar-refractivity contribution is 5.87. The number of hydrogen-bond donors (Lipinski definition) is 1. The molecule has 2 N–H and O–H groups in total. The number of nitrogen functional groups attached to an aromatic ring is 1. The molecule has 0 spiro atoms. The zero-order valence-corrected chi connectivity index (χ0v) is 11.6. The van der Waals surface area contributed by atoms with Crippen molar-refractivity contribution in [3.8, 4) is 11.1 Å². The lowest BCUT2D eigenvalue weighted by Gasteiger charge is -2.13. The molecule has 3 aromatic heterocycles. The summed E-state index contributed by atoms with van der Waals surface area (Å²) >= 11 is 0. The molecule has 0 amide bonds. The second-order valence-corrected chi connectivity index (χ2v) is 5.23. The zero-order valence-electron chi connectivity index (χ0n) is 11.6. The smallest absolute Gasteiger partial charge is 0.238 e. The summed E-state index contributed by atoms with van der Waals surface area (Å²) in [4.78, 5) is 13.1. The summed E-state index contributed by atoms with van der Waals surface area (Å²) in [7, 11) is 0. The Kier molecular flexibility index (Phi) is 2.50. The molecule has 0 bridgehead atoms. The van der Waals surface area contributed by atoms with E-state index in [2.05, 4.69) is 26.1 Å². The number of nitrogens with two attached hydrogens (primary N) is 1. The van der Waals surface area contributed by atoms with E-state index in [0.29, 0.717) is 0 Å². The fraction of sp³-hybridized carbons (Fsp3) is 0.200. The van der Waals surface area contributed by atoms with E-state index in [9.17, 15) is 0 Å². The number of pyridine rings is 1. The van der Waals surface area contributed by atoms with Crippen molar-refractivity contribution >= 4 is 23.0 Å². The predicted octanol–water partition coefficient (Wildman–Crippen LogP) is 2.41. The number of rotatable bonds is 1. The van der Waals surface area contributed by atoms with Gasteiger partial charge in [0.1, 0.15) is 0 Å². The molecule has 0 aliphatic carbocycles. The maximum absolute atomic E-state index is 5.61. The lowest BCUT2D eigenvalue weighted by Crippen LogP contribution is -2.03. The van der Waals surface area contributed by atoms with Crippen molar-refractivity contribution < 1.29 is 0 Å². The van der Waals surface area contributed by atoms with Gasteiger partial charge in [-0.15, -0.1) is 5.10 Å². The lowest BCUT2D eigenvalue weighted by molar-refractivity contribution is 0.918. The van der Waals surface area contributed by atoms with Crippen molar-refractivity contribution in [1.29, 1.82) is 0 Å². The van der Waals surface area contributed by atoms with Crippen LogP contribution in [-0.2, 0) is 6.42 Å². The Morgan fingerprint density at radius 2 is 2.10 bits per heavy atom. The van der Waals surface area contributed by atoms with Crippen LogP contribution in [0.5, 0.6) is 0 Å². The highest BCUT2D eigenvalue weighted by atomic mass is 15.3. The van der Waals surface area contributed by atoms with Crippen LogP contribution >= 0.6 is 0 Å². The van der Waals surface area contributed by atoms with Crippen molar-refractivity contribution in [1.82, 2.24) is 19.6 Å². The van der Waals surface area contributed by atoms with Gasteiger partial charge < -0.3 is 5.73 Å². The van der Waals surface area contributed by atoms with E-state index in [0.717, 1.165) is 41.0 Å². The van der Waals surface area contributed by atoms with Crippen molar-refractivity contribution in [2.45, 2.75) is 19.8 Å². The minimum absolute atomic E-state index is 0.262. The molecule has 0 aromatic carbocycles. The van der Waals surface area contributed by atoms with Gasteiger partial charge >= 0.3 is 0 Å². The van der Waals surface area contributed by atoms with Gasteiger partial charge in [0.15, 0.2) is 5.82 Å². The summed E-state index contributed by atoms with van der Waals surface area (Å²) in [5.74, 6) is 1.10. The van der Waals surface area contributed by atoms with E-state index in [1.54, 1.807) is 10.7 Å². The Morgan fingerprint density at radius 3 is 3.00 bits per heavy atom. The lowest BCUT2D eigenvalue weighted by atomic mass is 10.0. The van der Waals surface area contributed by atoms with Crippen LogP contribution in [0.15, 0.2) is 35.7 Å². The molecule has 3 aromatic rings. The molecular weight excluding hydrogens is 264 g/mol. The largest absolute Gasteiger partial charge is 0.367 e. The van der Waals surface area contributed by atoms with Crippen LogP contribution in [0.4, 0.5) is 11.8 Å². The fourth-order valence-electron chi connectivity index (χ4n) is 2.65. The maximum atomic E-state index is 5.61. The summed E-state index contributed by atoms with van der Waals surface area (Å²) in [5, 5.41) is 4.16. The van der Waals surface area contributed by atoms with Crippen LogP contribution in [0.2, 0.25) is 0 Å². The van der Waals surface area contributed by atoms with E-state index in [4.69, 9.17) is 5.73 Å². The molecule has 0 unspecified atom stereocenters. The number of aliphatic imine (C=N–C) groups is 1. The monoisotopic (exact) mass is 278 g/mol. The molecule has 21 heavy (non-hydrogen) atoms. The molecule has 1 aliphatic heterocycles. The molecular formula is C15H14N6. The third kappa shape index (κ3) is 1.96. The molecule has 0 atom stereocenters. The number of aromatic nitrogens is 4. The Labute approximate surface area is 121 Å². The average Bonchev–Trinajstić information content (AvgIpc) is 2.89. The van der Waals surface area contributed by atoms with Crippen LogP contribution in [0.3, 0.4) is 0 Å². The van der Waals surface area contributed by atoms with E-state index in [1.807, 2.05) is 25.4 Å². The first kappa shape index (κ1) is 12.0. The molecule has 104 valence electrons. The van der Waals surface area contributed by atoms with Gasteiger partial charge in [0.25, 0.3) is 0 Å². The minimum Gasteiger partial charge on any atom is -0.367 e. The first-order chi connectivity index (χ1) is 10.2. The maximum Gasteiger partial charge on any atom is 0.238 e. The fourth-order valence-corrected chi connectivity index (χ4v) is 2.65. The Morgan fingerprint density at radius 1 is 1.19 bits per heavy atom. The summed E-state index contributed by atoms with van der Waals surface area (Å²) < 4.78 is 1.74. The van der Waals surface area contributed by atoms with Crippen molar-refractivity contribution in [2.75, 3.05) is 5.73 Å². The molecule has 0 saturated heterocycles. The predicted molar refractivity (Wildman–Crippen MR) is 81.7 cm³/mol. The number of hydrogen-bond acceptors (Lipinski definition) is 5. The molecule has 6 nitrogen and oxygen atoms in total. The highest BCUT2D eigenvalue weighted by Crippen LogP contribution is 2.30. The topological polar surface area (TPSA) is 81.5 Å². The minimum atomic E-state index is 0.262. The molecule has 0 saturated carbocycles. The highest BCUT2D eigenvalue weighted by Gasteiger charge is 2.14. The van der Waals surface area contributed by atoms with Crippen LogP contribution in [-0.4, -0.2) is 25.3 Å². The van der Waals surface area contributed by atoms with Gasteiger partial charge in [-0.25, -0.2) is 19.5 Å². The molecule has 6 heteroatoms. The number of nitrogens with zero attached hydrogens (tertiary/aromatic N) is 5. The average molecular weight is 278 g/mol. The summed E-state index contributed by atoms with van der Waals surface area (Å²) in [6.45, 7) is 2.04. The molecule has 0 fully saturated rings. The van der Waals surface area contributed by atoms with Gasteiger partial charge in [-0.05, 0) is 37.5 Å². The Bertz CT molecular complexity index is 877. The normalized spacial score (nSPS) is 14.0. The van der Waals surface area contributed by atoms with E-state index < -0.39 is 0 Å². The SMILES string of the molecule is CC1=Nc2ncc(-c3ccn4nc(N)ncc34)cc2CC1. The van der Waals surface area contributed by atoms with E-state index >= 15 is 0 Å². The third-order valence-corrected chi connectivity index (χ3v) is 3.74. The zero-order chi connectivity index (χ0) is 14.4. The van der Waals surface area contributed by atoms with Crippen LogP contribution in [0.25, 0.3) is 16.6 Å². The van der Waals surface area contributed by atoms with Gasteiger partial charge in [0.05, 0.1) is 11.7 Å². The van der Waals surface area contributed by atoms with E-state index in [1.165, 1.54) is 5.56 Å². The van der Waals surface area contributed by atoms with Crippen LogP contribution in [0.1, 0.15) is 18.9 Å². The van der Waals surface area contributed by atoms with Crippen LogP contribution in [0, 0.1) is 0 Å². The van der Waals surface area contributed by atoms with Gasteiger partial charge in [-0.3, -0.25) is 0 Å². The van der Waals surface area contributed by atoms with Crippen molar-refractivity contribution in [3.63, 3.8) is 0 Å². The van der Waals surface area contributed by atoms with Gasteiger partial charge in [-0.1, -0.05) is 0 Å². The summed E-state index contributed by atoms with van der Waals surface area (Å²) in [5.41, 5.74) is 11.0. The van der Waals surface area contributed by atoms with Crippen molar-refractivity contribution in [2.24, 2.45) is 4.99 Å². The van der Waals surface area contributed by atoms with Crippen LogP contribution < -0.4 is 5.73 Å². The first-order valence-electron chi connectivity index (χ1n) is 6.84. The van der Waals surface area contributed by atoms with Crippen molar-refractivity contribution in [3.05, 3.63) is 36.3 Å². The van der Waals surface area contributed by atoms with Gasteiger partial charge in [0.2, 0.25) is 5.95 Å². The molecule has 4 heterocycles. The Hall–Kier alpha value is -2.76.